The van der Waals surface area contributed by atoms with Gasteiger partial charge in [-0.1, -0.05) is 49.5 Å². The van der Waals surface area contributed by atoms with E-state index >= 15 is 0 Å². The first-order valence-electron chi connectivity index (χ1n) is 13.3. The fraction of sp³-hybridized carbons (Fsp3) is 0.258. The molecule has 0 radical (unpaired) electrons. The zero-order chi connectivity index (χ0) is 30.8. The number of alkyl halides is 2. The van der Waals surface area contributed by atoms with Crippen LogP contribution in [0.25, 0.3) is 0 Å². The lowest BCUT2D eigenvalue weighted by Crippen LogP contribution is -2.52. The van der Waals surface area contributed by atoms with Crippen molar-refractivity contribution in [3.63, 3.8) is 0 Å². The van der Waals surface area contributed by atoms with Gasteiger partial charge in [-0.2, -0.15) is 5.01 Å². The van der Waals surface area contributed by atoms with Gasteiger partial charge in [-0.3, -0.25) is 19.2 Å². The van der Waals surface area contributed by atoms with Crippen LogP contribution in [0.5, 0.6) is 11.5 Å². The molecule has 0 bridgehead atoms. The van der Waals surface area contributed by atoms with Gasteiger partial charge in [0, 0.05) is 25.8 Å². The summed E-state index contributed by atoms with van der Waals surface area (Å²) in [5.74, 6) is -3.40. The standard InChI is InChI=1S/C31H25Br2ClN2O7/c1-42-22-4-2-3-19(13-22)31(41)43-21-11-7-17(8-12-21)27(37)16-35(28(38)18-5-9-20(34)10-6-18)36-29(39)23-14-25(32)26(33)15-24(23)30(36)40/h2-13,23-26H,14-16H2,1H3/t23-,24-,25-,26+/m1/s1. The Kier molecular flexibility index (Phi) is 9.33. The maximum Gasteiger partial charge on any atom is 0.343 e. The molecule has 1 aliphatic carbocycles. The molecule has 2 fully saturated rings. The van der Waals surface area contributed by atoms with Gasteiger partial charge in [0.15, 0.2) is 5.78 Å². The topological polar surface area (TPSA) is 110 Å². The molecule has 0 N–H and O–H groups in total. The van der Waals surface area contributed by atoms with Crippen molar-refractivity contribution in [2.45, 2.75) is 22.5 Å². The van der Waals surface area contributed by atoms with E-state index in [1.165, 1.54) is 55.6 Å². The summed E-state index contributed by atoms with van der Waals surface area (Å²) in [5, 5.41) is 2.15. The van der Waals surface area contributed by atoms with Crippen LogP contribution in [0.3, 0.4) is 0 Å². The maximum absolute atomic E-state index is 13.7. The number of ether oxygens (including phenoxy) is 2. The molecule has 9 nitrogen and oxygen atoms in total. The smallest absolute Gasteiger partial charge is 0.343 e. The monoisotopic (exact) mass is 730 g/mol. The molecular formula is C31H25Br2ClN2O7. The van der Waals surface area contributed by atoms with Crippen LogP contribution in [-0.4, -0.2) is 62.8 Å². The van der Waals surface area contributed by atoms with Crippen LogP contribution in [0, 0.1) is 11.8 Å². The number of nitrogens with zero attached hydrogens (tertiary/aromatic N) is 2. The molecule has 0 unspecified atom stereocenters. The number of imide groups is 1. The Hall–Kier alpha value is -3.54. The predicted octanol–water partition coefficient (Wildman–Crippen LogP) is 5.73. The number of fused-ring (bicyclic) bond motifs is 1. The molecule has 3 amide bonds. The summed E-state index contributed by atoms with van der Waals surface area (Å²) in [6.45, 7) is -0.573. The van der Waals surface area contributed by atoms with Crippen LogP contribution < -0.4 is 9.47 Å². The number of carbonyl (C=O) groups is 5. The highest BCUT2D eigenvalue weighted by molar-refractivity contribution is 9.12. The van der Waals surface area contributed by atoms with Crippen LogP contribution in [-0.2, 0) is 9.59 Å². The number of hydrazine groups is 1. The number of esters is 1. The summed E-state index contributed by atoms with van der Waals surface area (Å²) in [6, 6.07) is 18.2. The summed E-state index contributed by atoms with van der Waals surface area (Å²) in [4.78, 5) is 66.7. The maximum atomic E-state index is 13.7. The van der Waals surface area contributed by atoms with Crippen molar-refractivity contribution < 1.29 is 33.4 Å². The number of Topliss-reactive ketones (excluding diaryl/α,β-unsaturated/α-hetero) is 1. The molecule has 1 saturated heterocycles. The highest BCUT2D eigenvalue weighted by Gasteiger charge is 2.54. The van der Waals surface area contributed by atoms with E-state index < -0.39 is 47.9 Å². The SMILES string of the molecule is COc1cccc(C(=O)Oc2ccc(C(=O)CN(C(=O)c3ccc(Cl)cc3)N3C(=O)[C@@H]4C[C@@H](Br)[C@@H](Br)C[C@H]4C3=O)cc2)c1. The molecule has 1 aliphatic heterocycles. The number of carbonyl (C=O) groups excluding carboxylic acids is 5. The van der Waals surface area contributed by atoms with Gasteiger partial charge < -0.3 is 9.47 Å². The highest BCUT2D eigenvalue weighted by atomic mass is 79.9. The summed E-state index contributed by atoms with van der Waals surface area (Å²) >= 11 is 13.1. The summed E-state index contributed by atoms with van der Waals surface area (Å²) < 4.78 is 10.6. The Labute approximate surface area is 269 Å². The molecule has 12 heteroatoms. The van der Waals surface area contributed by atoms with Crippen LogP contribution in [0.2, 0.25) is 5.02 Å². The summed E-state index contributed by atoms with van der Waals surface area (Å²) in [5.41, 5.74) is 0.630. The van der Waals surface area contributed by atoms with Crippen LogP contribution in [0.1, 0.15) is 43.9 Å². The molecule has 1 heterocycles. The Morgan fingerprint density at radius 3 is 2.00 bits per heavy atom. The second kappa shape index (κ2) is 13.0. The molecular weight excluding hydrogens is 708 g/mol. The van der Waals surface area contributed by atoms with Crippen molar-refractivity contribution in [3.05, 3.63) is 94.5 Å². The van der Waals surface area contributed by atoms with E-state index in [0.29, 0.717) is 23.6 Å². The van der Waals surface area contributed by atoms with Crippen molar-refractivity contribution in [2.24, 2.45) is 11.8 Å². The molecule has 4 atom stereocenters. The number of hydrogen-bond donors (Lipinski definition) is 0. The minimum absolute atomic E-state index is 0.0240. The lowest BCUT2D eigenvalue weighted by Gasteiger charge is -2.30. The second-order valence-corrected chi connectivity index (χ2v) is 12.9. The molecule has 222 valence electrons. The van der Waals surface area contributed by atoms with Gasteiger partial charge in [0.05, 0.1) is 24.5 Å². The van der Waals surface area contributed by atoms with Gasteiger partial charge >= 0.3 is 5.97 Å². The van der Waals surface area contributed by atoms with Crippen LogP contribution in [0.4, 0.5) is 0 Å². The Morgan fingerprint density at radius 2 is 1.42 bits per heavy atom. The van der Waals surface area contributed by atoms with Gasteiger partial charge in [-0.05, 0) is 79.6 Å². The predicted molar refractivity (Wildman–Crippen MR) is 165 cm³/mol. The van der Waals surface area contributed by atoms with E-state index in [2.05, 4.69) is 31.9 Å². The van der Waals surface area contributed by atoms with E-state index in [4.69, 9.17) is 21.1 Å². The van der Waals surface area contributed by atoms with Gasteiger partial charge in [0.25, 0.3) is 17.7 Å². The van der Waals surface area contributed by atoms with Gasteiger partial charge in [-0.25, -0.2) is 9.80 Å². The zero-order valence-corrected chi connectivity index (χ0v) is 26.7. The normalized spacial score (nSPS) is 21.3. The largest absolute Gasteiger partial charge is 0.497 e. The molecule has 3 aromatic carbocycles. The number of hydrogen-bond acceptors (Lipinski definition) is 7. The molecule has 43 heavy (non-hydrogen) atoms. The molecule has 2 aliphatic rings. The summed E-state index contributed by atoms with van der Waals surface area (Å²) in [6.07, 6.45) is 0.822. The van der Waals surface area contributed by atoms with E-state index in [-0.39, 0.29) is 32.1 Å². The zero-order valence-electron chi connectivity index (χ0n) is 22.7. The molecule has 1 saturated carbocycles. The Morgan fingerprint density at radius 1 is 0.837 bits per heavy atom. The van der Waals surface area contributed by atoms with Crippen LogP contribution >= 0.6 is 43.5 Å². The first kappa shape index (κ1) is 30.9. The third-order valence-corrected chi connectivity index (χ3v) is 10.4. The number of ketones is 1. The van der Waals surface area contributed by atoms with E-state index in [1.54, 1.807) is 24.3 Å². The van der Waals surface area contributed by atoms with Crippen molar-refractivity contribution in [3.8, 4) is 11.5 Å². The first-order valence-corrected chi connectivity index (χ1v) is 15.5. The van der Waals surface area contributed by atoms with E-state index in [0.717, 1.165) is 10.0 Å². The molecule has 0 spiro atoms. The quantitative estimate of drug-likeness (QED) is 0.0957. The van der Waals surface area contributed by atoms with Crippen molar-refractivity contribution in [1.82, 2.24) is 10.0 Å². The fourth-order valence-electron chi connectivity index (χ4n) is 5.14. The number of halogens is 3. The van der Waals surface area contributed by atoms with Gasteiger partial charge in [0.2, 0.25) is 0 Å². The lowest BCUT2D eigenvalue weighted by molar-refractivity contribution is -0.154. The van der Waals surface area contributed by atoms with Gasteiger partial charge in [-0.15, -0.1) is 0 Å². The number of amides is 3. The Balaban J connectivity index is 1.37. The second-order valence-electron chi connectivity index (χ2n) is 10.1. The van der Waals surface area contributed by atoms with Gasteiger partial charge in [0.1, 0.15) is 18.0 Å². The molecule has 0 aromatic heterocycles. The van der Waals surface area contributed by atoms with Crippen molar-refractivity contribution in [1.29, 1.82) is 0 Å². The Bertz CT molecular complexity index is 1550. The highest BCUT2D eigenvalue weighted by Crippen LogP contribution is 2.43. The fourth-order valence-corrected chi connectivity index (χ4v) is 6.51. The number of benzene rings is 3. The average Bonchev–Trinajstić information content (AvgIpc) is 3.24. The third-order valence-electron chi connectivity index (χ3n) is 7.44. The minimum atomic E-state index is -0.694. The molecule has 5 rings (SSSR count). The number of rotatable bonds is 8. The first-order chi connectivity index (χ1) is 20.6. The number of methoxy groups -OCH3 is 1. The van der Waals surface area contributed by atoms with Crippen molar-refractivity contribution >= 4 is 72.9 Å². The van der Waals surface area contributed by atoms with Crippen LogP contribution in [0.15, 0.2) is 72.8 Å². The third kappa shape index (κ3) is 6.53. The average molecular weight is 733 g/mol. The van der Waals surface area contributed by atoms with E-state index in [1.807, 2.05) is 0 Å². The minimum Gasteiger partial charge on any atom is -0.497 e. The van der Waals surface area contributed by atoms with Crippen molar-refractivity contribution in [2.75, 3.05) is 13.7 Å². The lowest BCUT2D eigenvalue weighted by atomic mass is 9.81. The van der Waals surface area contributed by atoms with E-state index in [9.17, 15) is 24.0 Å². The summed E-state index contributed by atoms with van der Waals surface area (Å²) in [7, 11) is 1.49. The molecule has 3 aromatic rings.